The highest BCUT2D eigenvalue weighted by atomic mass is 16.5. The van der Waals surface area contributed by atoms with Gasteiger partial charge in [0.2, 0.25) is 5.91 Å². The zero-order valence-corrected chi connectivity index (χ0v) is 16.2. The Morgan fingerprint density at radius 1 is 0.923 bits per heavy atom. The maximum Gasteiger partial charge on any atom is 0.226 e. The summed E-state index contributed by atoms with van der Waals surface area (Å²) in [7, 11) is 3.15. The van der Waals surface area contributed by atoms with Crippen LogP contribution in [0.15, 0.2) is 42.5 Å². The van der Waals surface area contributed by atoms with Crippen molar-refractivity contribution in [3.8, 4) is 11.5 Å². The van der Waals surface area contributed by atoms with Crippen LogP contribution < -0.4 is 20.1 Å². The maximum atomic E-state index is 12.1. The van der Waals surface area contributed by atoms with Crippen LogP contribution in [0.1, 0.15) is 32.8 Å². The molecule has 0 aliphatic rings. The number of carbonyl (C=O) groups is 1. The fourth-order valence-electron chi connectivity index (χ4n) is 2.55. The summed E-state index contributed by atoms with van der Waals surface area (Å²) in [6.07, 6.45) is 0.370. The Bertz CT molecular complexity index is 734. The Labute approximate surface area is 155 Å². The molecule has 26 heavy (non-hydrogen) atoms. The van der Waals surface area contributed by atoms with E-state index in [0.29, 0.717) is 30.2 Å². The van der Waals surface area contributed by atoms with E-state index in [1.807, 2.05) is 12.1 Å². The summed E-state index contributed by atoms with van der Waals surface area (Å²) in [6.45, 7) is 7.13. The van der Waals surface area contributed by atoms with Crippen LogP contribution >= 0.6 is 0 Å². The summed E-state index contributed by atoms with van der Waals surface area (Å²) in [5.41, 5.74) is 3.12. The first-order chi connectivity index (χ1) is 12.3. The lowest BCUT2D eigenvalue weighted by atomic mass is 9.87. The van der Waals surface area contributed by atoms with Gasteiger partial charge in [0, 0.05) is 30.4 Å². The van der Waals surface area contributed by atoms with Crippen molar-refractivity contribution in [2.75, 3.05) is 31.4 Å². The van der Waals surface area contributed by atoms with Crippen LogP contribution in [0.5, 0.6) is 11.5 Å². The Balaban J connectivity index is 1.84. The quantitative estimate of drug-likeness (QED) is 0.770. The van der Waals surface area contributed by atoms with Crippen molar-refractivity contribution in [2.24, 2.45) is 0 Å². The highest BCUT2D eigenvalue weighted by molar-refractivity contribution is 5.91. The number of ether oxygens (including phenoxy) is 2. The van der Waals surface area contributed by atoms with E-state index in [0.717, 1.165) is 5.69 Å². The molecule has 2 N–H and O–H groups in total. The minimum absolute atomic E-state index is 0.0592. The summed E-state index contributed by atoms with van der Waals surface area (Å²) < 4.78 is 10.4. The topological polar surface area (TPSA) is 59.6 Å². The molecule has 2 rings (SSSR count). The second kappa shape index (κ2) is 8.61. The first-order valence-electron chi connectivity index (χ1n) is 8.70. The molecule has 0 aliphatic heterocycles. The largest absolute Gasteiger partial charge is 0.493 e. The van der Waals surface area contributed by atoms with E-state index in [9.17, 15) is 4.79 Å². The van der Waals surface area contributed by atoms with Gasteiger partial charge in [0.25, 0.3) is 0 Å². The van der Waals surface area contributed by atoms with E-state index in [2.05, 4.69) is 43.5 Å². The molecule has 1 amide bonds. The van der Waals surface area contributed by atoms with Crippen LogP contribution in [0.25, 0.3) is 0 Å². The molecule has 0 saturated carbocycles. The van der Waals surface area contributed by atoms with Gasteiger partial charge in [-0.25, -0.2) is 0 Å². The number of carbonyl (C=O) groups excluding carboxylic acids is 1. The average Bonchev–Trinajstić information content (AvgIpc) is 2.61. The number of hydrogen-bond acceptors (Lipinski definition) is 4. The fourth-order valence-corrected chi connectivity index (χ4v) is 2.55. The van der Waals surface area contributed by atoms with Gasteiger partial charge < -0.3 is 20.1 Å². The molecule has 0 aromatic heterocycles. The fraction of sp³-hybridized carbons (Fsp3) is 0.381. The number of amides is 1. The summed E-state index contributed by atoms with van der Waals surface area (Å²) in [4.78, 5) is 12.1. The number of rotatable bonds is 7. The smallest absolute Gasteiger partial charge is 0.226 e. The van der Waals surface area contributed by atoms with Gasteiger partial charge in [-0.15, -0.1) is 0 Å². The molecule has 0 unspecified atom stereocenters. The van der Waals surface area contributed by atoms with E-state index in [-0.39, 0.29) is 11.3 Å². The van der Waals surface area contributed by atoms with Crippen LogP contribution in [-0.2, 0) is 10.2 Å². The predicted octanol–water partition coefficient (Wildman–Crippen LogP) is 4.44. The van der Waals surface area contributed by atoms with Gasteiger partial charge in [-0.2, -0.15) is 0 Å². The van der Waals surface area contributed by atoms with Gasteiger partial charge in [0.15, 0.2) is 11.5 Å². The van der Waals surface area contributed by atoms with E-state index in [4.69, 9.17) is 9.47 Å². The van der Waals surface area contributed by atoms with Crippen LogP contribution in [0.2, 0.25) is 0 Å². The number of nitrogens with one attached hydrogen (secondary N) is 2. The third-order valence-corrected chi connectivity index (χ3v) is 4.10. The second-order valence-corrected chi connectivity index (χ2v) is 7.12. The monoisotopic (exact) mass is 356 g/mol. The molecule has 2 aromatic rings. The standard InChI is InChI=1S/C21H28N2O3/c1-21(2,3)15-6-8-16(9-7-15)22-13-12-20(24)23-17-10-11-18(25-4)19(14-17)26-5/h6-11,14,22H,12-13H2,1-5H3,(H,23,24). The third kappa shape index (κ3) is 5.41. The lowest BCUT2D eigenvalue weighted by Crippen LogP contribution is -2.16. The highest BCUT2D eigenvalue weighted by Gasteiger charge is 2.12. The van der Waals surface area contributed by atoms with E-state index >= 15 is 0 Å². The van der Waals surface area contributed by atoms with Gasteiger partial charge >= 0.3 is 0 Å². The van der Waals surface area contributed by atoms with E-state index in [1.54, 1.807) is 32.4 Å². The predicted molar refractivity (Wildman–Crippen MR) is 106 cm³/mol. The second-order valence-electron chi connectivity index (χ2n) is 7.12. The van der Waals surface area contributed by atoms with E-state index in [1.165, 1.54) is 5.56 Å². The molecule has 0 atom stereocenters. The SMILES string of the molecule is COc1ccc(NC(=O)CCNc2ccc(C(C)(C)C)cc2)cc1OC. The lowest BCUT2D eigenvalue weighted by Gasteiger charge is -2.19. The Kier molecular flexibility index (Phi) is 6.50. The van der Waals surface area contributed by atoms with Gasteiger partial charge in [0.05, 0.1) is 14.2 Å². The number of hydrogen-bond donors (Lipinski definition) is 2. The first kappa shape index (κ1) is 19.6. The Morgan fingerprint density at radius 3 is 2.12 bits per heavy atom. The number of benzene rings is 2. The molecule has 140 valence electrons. The van der Waals surface area contributed by atoms with Crippen molar-refractivity contribution in [1.29, 1.82) is 0 Å². The molecule has 2 aromatic carbocycles. The summed E-state index contributed by atoms with van der Waals surface area (Å²) in [5.74, 6) is 1.16. The molecule has 0 saturated heterocycles. The molecule has 0 spiro atoms. The van der Waals surface area contributed by atoms with Crippen LogP contribution in [0, 0.1) is 0 Å². The Hall–Kier alpha value is -2.69. The van der Waals surface area contributed by atoms with Crippen molar-refractivity contribution in [1.82, 2.24) is 0 Å². The van der Waals surface area contributed by atoms with Gasteiger partial charge in [-0.1, -0.05) is 32.9 Å². The van der Waals surface area contributed by atoms with Crippen LogP contribution in [0.3, 0.4) is 0 Å². The molecular formula is C21H28N2O3. The Morgan fingerprint density at radius 2 is 1.54 bits per heavy atom. The summed E-state index contributed by atoms with van der Waals surface area (Å²) >= 11 is 0. The maximum absolute atomic E-state index is 12.1. The van der Waals surface area contributed by atoms with Crippen LogP contribution in [0.4, 0.5) is 11.4 Å². The molecule has 0 heterocycles. The van der Waals surface area contributed by atoms with Crippen molar-refractivity contribution in [2.45, 2.75) is 32.6 Å². The minimum Gasteiger partial charge on any atom is -0.493 e. The van der Waals surface area contributed by atoms with Gasteiger partial charge in [0.1, 0.15) is 0 Å². The van der Waals surface area contributed by atoms with Crippen LogP contribution in [-0.4, -0.2) is 26.7 Å². The molecule has 0 aliphatic carbocycles. The average molecular weight is 356 g/mol. The molecule has 0 radical (unpaired) electrons. The summed E-state index contributed by atoms with van der Waals surface area (Å²) in [6, 6.07) is 13.6. The van der Waals surface area contributed by atoms with Crippen molar-refractivity contribution in [3.63, 3.8) is 0 Å². The molecular weight excluding hydrogens is 328 g/mol. The molecule has 0 bridgehead atoms. The van der Waals surface area contributed by atoms with Crippen molar-refractivity contribution >= 4 is 17.3 Å². The molecule has 0 fully saturated rings. The highest BCUT2D eigenvalue weighted by Crippen LogP contribution is 2.29. The van der Waals surface area contributed by atoms with Gasteiger partial charge in [-0.05, 0) is 35.2 Å². The molecule has 5 nitrogen and oxygen atoms in total. The lowest BCUT2D eigenvalue weighted by molar-refractivity contribution is -0.115. The zero-order valence-electron chi connectivity index (χ0n) is 16.2. The third-order valence-electron chi connectivity index (χ3n) is 4.10. The van der Waals surface area contributed by atoms with Gasteiger partial charge in [-0.3, -0.25) is 4.79 Å². The number of anilines is 2. The molecule has 5 heteroatoms. The van der Waals surface area contributed by atoms with Crippen molar-refractivity contribution in [3.05, 3.63) is 48.0 Å². The van der Waals surface area contributed by atoms with Crippen molar-refractivity contribution < 1.29 is 14.3 Å². The van der Waals surface area contributed by atoms with E-state index < -0.39 is 0 Å². The first-order valence-corrected chi connectivity index (χ1v) is 8.70. The zero-order chi connectivity index (χ0) is 19.2. The minimum atomic E-state index is -0.0592. The summed E-state index contributed by atoms with van der Waals surface area (Å²) in [5, 5.41) is 6.14. The normalized spacial score (nSPS) is 11.0. The number of methoxy groups -OCH3 is 2.